The Kier molecular flexibility index (Phi) is 7.06. The first-order chi connectivity index (χ1) is 13.2. The van der Waals surface area contributed by atoms with E-state index in [0.29, 0.717) is 12.3 Å². The van der Waals surface area contributed by atoms with Crippen molar-refractivity contribution >= 4 is 33.6 Å². The van der Waals surface area contributed by atoms with Crippen LogP contribution in [0.3, 0.4) is 0 Å². The molecule has 0 atom stereocenters. The number of nitrogens with zero attached hydrogens (tertiary/aromatic N) is 3. The molecule has 0 saturated heterocycles. The van der Waals surface area contributed by atoms with E-state index in [-0.39, 0.29) is 5.91 Å². The van der Waals surface area contributed by atoms with Gasteiger partial charge >= 0.3 is 0 Å². The Morgan fingerprint density at radius 1 is 1.11 bits per heavy atom. The lowest BCUT2D eigenvalue weighted by molar-refractivity contribution is -0.118. The maximum atomic E-state index is 11.8. The van der Waals surface area contributed by atoms with Crippen molar-refractivity contribution < 1.29 is 4.79 Å². The molecule has 3 rings (SSSR count). The molecule has 0 bridgehead atoms. The Morgan fingerprint density at radius 3 is 2.56 bits per heavy atom. The minimum absolute atomic E-state index is 0.00491. The average molecular weight is 445 g/mol. The van der Waals surface area contributed by atoms with Crippen LogP contribution < -0.4 is 5.32 Å². The first-order valence-corrected chi connectivity index (χ1v) is 10.6. The van der Waals surface area contributed by atoms with Crippen molar-refractivity contribution in [2.75, 3.05) is 12.3 Å². The van der Waals surface area contributed by atoms with E-state index < -0.39 is 0 Å². The van der Waals surface area contributed by atoms with Crippen molar-refractivity contribution in [3.05, 3.63) is 64.6 Å². The van der Waals surface area contributed by atoms with Crippen LogP contribution in [0.25, 0.3) is 11.4 Å². The molecule has 0 aliphatic heterocycles. The predicted molar refractivity (Wildman–Crippen MR) is 113 cm³/mol. The van der Waals surface area contributed by atoms with E-state index in [1.165, 1.54) is 17.3 Å². The third kappa shape index (κ3) is 5.43. The Bertz CT molecular complexity index is 881. The lowest BCUT2D eigenvalue weighted by Crippen LogP contribution is -2.24. The summed E-state index contributed by atoms with van der Waals surface area (Å²) >= 11 is 4.88. The second kappa shape index (κ2) is 9.71. The van der Waals surface area contributed by atoms with Crippen LogP contribution in [0.2, 0.25) is 0 Å². The van der Waals surface area contributed by atoms with Gasteiger partial charge < -0.3 is 9.88 Å². The minimum atomic E-state index is 0.00491. The molecule has 1 N–H and O–H groups in total. The highest BCUT2D eigenvalue weighted by Gasteiger charge is 2.15. The fourth-order valence-corrected chi connectivity index (χ4v) is 3.73. The van der Waals surface area contributed by atoms with Gasteiger partial charge in [-0.15, -0.1) is 10.2 Å². The van der Waals surface area contributed by atoms with Gasteiger partial charge in [-0.2, -0.15) is 0 Å². The van der Waals surface area contributed by atoms with Crippen LogP contribution in [0.15, 0.2) is 64.2 Å². The van der Waals surface area contributed by atoms with Gasteiger partial charge in [-0.1, -0.05) is 70.2 Å². The molecule has 0 unspecified atom stereocenters. The van der Waals surface area contributed by atoms with Gasteiger partial charge in [-0.05, 0) is 31.0 Å². The fourth-order valence-electron chi connectivity index (χ4n) is 2.67. The zero-order valence-corrected chi connectivity index (χ0v) is 17.5. The Balaban J connectivity index is 1.83. The summed E-state index contributed by atoms with van der Waals surface area (Å²) in [5, 5.41) is 12.3. The first-order valence-electron chi connectivity index (χ1n) is 8.80. The number of rotatable bonds is 8. The summed E-state index contributed by atoms with van der Waals surface area (Å²) in [6, 6.07) is 18.4. The number of carbonyl (C=O) groups excluding carboxylic acids is 1. The van der Waals surface area contributed by atoms with E-state index in [4.69, 9.17) is 0 Å². The molecule has 0 fully saturated rings. The lowest BCUT2D eigenvalue weighted by atomic mass is 10.1. The summed E-state index contributed by atoms with van der Waals surface area (Å²) in [5.74, 6) is 1.15. The maximum Gasteiger partial charge on any atom is 0.230 e. The molecular weight excluding hydrogens is 424 g/mol. The number of carbonyl (C=O) groups is 1. The molecule has 0 radical (unpaired) electrons. The third-order valence-corrected chi connectivity index (χ3v) is 5.49. The molecule has 140 valence electrons. The number of aromatic nitrogens is 3. The molecule has 3 aromatic rings. The van der Waals surface area contributed by atoms with Crippen molar-refractivity contribution in [1.29, 1.82) is 0 Å². The van der Waals surface area contributed by atoms with Crippen molar-refractivity contribution in [3.63, 3.8) is 0 Å². The molecule has 0 spiro atoms. The monoisotopic (exact) mass is 444 g/mol. The van der Waals surface area contributed by atoms with Crippen LogP contribution in [-0.2, 0) is 17.8 Å². The predicted octanol–water partition coefficient (Wildman–Crippen LogP) is 4.18. The minimum Gasteiger partial charge on any atom is -0.356 e. The topological polar surface area (TPSA) is 59.8 Å². The molecule has 5 nitrogen and oxygen atoms in total. The van der Waals surface area contributed by atoms with E-state index in [0.717, 1.165) is 34.0 Å². The zero-order valence-electron chi connectivity index (χ0n) is 15.1. The number of halogens is 1. The highest BCUT2D eigenvalue weighted by atomic mass is 79.9. The third-order valence-electron chi connectivity index (χ3n) is 3.99. The van der Waals surface area contributed by atoms with Gasteiger partial charge in [0.05, 0.1) is 5.75 Å². The molecule has 1 aromatic heterocycles. The smallest absolute Gasteiger partial charge is 0.230 e. The summed E-state index contributed by atoms with van der Waals surface area (Å²) < 4.78 is 3.12. The van der Waals surface area contributed by atoms with Gasteiger partial charge in [0.25, 0.3) is 0 Å². The number of aryl methyl sites for hydroxylation is 1. The van der Waals surface area contributed by atoms with E-state index in [1.54, 1.807) is 0 Å². The van der Waals surface area contributed by atoms with Gasteiger partial charge in [-0.3, -0.25) is 4.79 Å². The summed E-state index contributed by atoms with van der Waals surface area (Å²) in [6.07, 6.45) is 0.872. The second-order valence-electron chi connectivity index (χ2n) is 5.94. The molecular formula is C20H21BrN4OS. The summed E-state index contributed by atoms with van der Waals surface area (Å²) in [6.45, 7) is 3.29. The van der Waals surface area contributed by atoms with Crippen LogP contribution in [0.1, 0.15) is 12.5 Å². The molecule has 1 heterocycles. The van der Waals surface area contributed by atoms with Gasteiger partial charge in [0.1, 0.15) is 0 Å². The van der Waals surface area contributed by atoms with Crippen LogP contribution in [0.4, 0.5) is 0 Å². The second-order valence-corrected chi connectivity index (χ2v) is 7.80. The fraction of sp³-hybridized carbons (Fsp3) is 0.250. The molecule has 0 aliphatic carbocycles. The molecule has 7 heteroatoms. The molecule has 27 heavy (non-hydrogen) atoms. The average Bonchev–Trinajstić information content (AvgIpc) is 3.09. The lowest BCUT2D eigenvalue weighted by Gasteiger charge is -2.10. The summed E-state index contributed by atoms with van der Waals surface area (Å²) in [5.41, 5.74) is 2.26. The van der Waals surface area contributed by atoms with Gasteiger partial charge in [-0.25, -0.2) is 0 Å². The van der Waals surface area contributed by atoms with Crippen molar-refractivity contribution in [2.45, 2.75) is 25.0 Å². The van der Waals surface area contributed by atoms with Crippen LogP contribution >= 0.6 is 27.7 Å². The van der Waals surface area contributed by atoms with Gasteiger partial charge in [0.15, 0.2) is 11.0 Å². The largest absolute Gasteiger partial charge is 0.356 e. The van der Waals surface area contributed by atoms with E-state index >= 15 is 0 Å². The Labute approximate surface area is 171 Å². The molecule has 0 aliphatic rings. The number of thioether (sulfide) groups is 1. The van der Waals surface area contributed by atoms with E-state index in [2.05, 4.69) is 48.1 Å². The number of hydrogen-bond donors (Lipinski definition) is 1. The Hall–Kier alpha value is -2.12. The number of amides is 1. The number of nitrogens with one attached hydrogen (secondary N) is 1. The first kappa shape index (κ1) is 19.6. The zero-order chi connectivity index (χ0) is 19.1. The quantitative estimate of drug-likeness (QED) is 0.529. The number of hydrogen-bond acceptors (Lipinski definition) is 4. The highest BCUT2D eigenvalue weighted by molar-refractivity contribution is 9.10. The van der Waals surface area contributed by atoms with Gasteiger partial charge in [0, 0.05) is 23.1 Å². The molecule has 1 amide bonds. The van der Waals surface area contributed by atoms with Crippen LogP contribution in [0, 0.1) is 0 Å². The highest BCUT2D eigenvalue weighted by Crippen LogP contribution is 2.25. The van der Waals surface area contributed by atoms with E-state index in [9.17, 15) is 4.79 Å². The summed E-state index contributed by atoms with van der Waals surface area (Å²) in [4.78, 5) is 11.8. The normalized spacial score (nSPS) is 10.7. The van der Waals surface area contributed by atoms with Crippen LogP contribution in [0.5, 0.6) is 0 Å². The SMILES string of the molecule is CCNC(=O)CSc1nnc(-c2ccc(Br)cc2)n1CCc1ccccc1. The number of benzene rings is 2. The van der Waals surface area contributed by atoms with Crippen molar-refractivity contribution in [3.8, 4) is 11.4 Å². The molecule has 0 saturated carbocycles. The van der Waals surface area contributed by atoms with Crippen molar-refractivity contribution in [1.82, 2.24) is 20.1 Å². The molecule has 2 aromatic carbocycles. The standard InChI is InChI=1S/C20H21BrN4OS/c1-2-22-18(26)14-27-20-24-23-19(16-8-10-17(21)11-9-16)25(20)13-12-15-6-4-3-5-7-15/h3-11H,2,12-14H2,1H3,(H,22,26). The van der Waals surface area contributed by atoms with Crippen LogP contribution in [-0.4, -0.2) is 33.0 Å². The van der Waals surface area contributed by atoms with E-state index in [1.807, 2.05) is 49.4 Å². The summed E-state index contributed by atoms with van der Waals surface area (Å²) in [7, 11) is 0. The Morgan fingerprint density at radius 2 is 1.85 bits per heavy atom. The van der Waals surface area contributed by atoms with Gasteiger partial charge in [0.2, 0.25) is 5.91 Å². The maximum absolute atomic E-state index is 11.8. The van der Waals surface area contributed by atoms with Crippen molar-refractivity contribution in [2.24, 2.45) is 0 Å².